The van der Waals surface area contributed by atoms with Gasteiger partial charge in [-0.2, -0.15) is 11.8 Å². The van der Waals surface area contributed by atoms with Gasteiger partial charge in [0.1, 0.15) is 0 Å². The number of aliphatic imine (C=N–C) groups is 1. The van der Waals surface area contributed by atoms with E-state index in [2.05, 4.69) is 10.3 Å². The molecule has 0 spiro atoms. The summed E-state index contributed by atoms with van der Waals surface area (Å²) in [6, 6.07) is -0.847. The normalized spacial score (nSPS) is 24.9. The number of hydrogen-bond acceptors (Lipinski definition) is 4. The number of imide groups is 1. The van der Waals surface area contributed by atoms with Crippen LogP contribution in [0.5, 0.6) is 0 Å². The third kappa shape index (κ3) is 3.29. The van der Waals surface area contributed by atoms with Crippen LogP contribution in [0.15, 0.2) is 4.99 Å². The molecule has 96 valence electrons. The number of carbonyl (C=O) groups is 2. The van der Waals surface area contributed by atoms with Gasteiger partial charge in [-0.15, -0.1) is 0 Å². The Balaban J connectivity index is 0.00000289. The first-order valence-electron chi connectivity index (χ1n) is 5.68. The third-order valence-electron chi connectivity index (χ3n) is 3.20. The van der Waals surface area contributed by atoms with E-state index in [1.54, 1.807) is 0 Å². The monoisotopic (exact) mass is 280 g/mol. The van der Waals surface area contributed by atoms with Crippen LogP contribution in [0.2, 0.25) is 0 Å². The summed E-state index contributed by atoms with van der Waals surface area (Å²) < 4.78 is 0. The molecule has 0 saturated carbocycles. The Morgan fingerprint density at radius 2 is 2.06 bits per heavy atom. The maximum Gasteiger partial charge on any atom is 1.00 e. The number of hydrogen-bond donors (Lipinski definition) is 1. The maximum atomic E-state index is 12.0. The minimum absolute atomic E-state index is 0. The van der Waals surface area contributed by atoms with Crippen molar-refractivity contribution in [2.45, 2.75) is 27.2 Å². The van der Waals surface area contributed by atoms with Crippen LogP contribution < -0.4 is 40.0 Å². The predicted molar refractivity (Wildman–Crippen MR) is 65.9 cm³/mol. The summed E-state index contributed by atoms with van der Waals surface area (Å²) in [5, 5.41) is 14.1. The molecule has 2 unspecified atom stereocenters. The summed E-state index contributed by atoms with van der Waals surface area (Å²) in [5.74, 6) is -0.0441. The summed E-state index contributed by atoms with van der Waals surface area (Å²) in [7, 11) is 0. The molecular weight excluding hydrogens is 263 g/mol. The zero-order valence-electron chi connectivity index (χ0n) is 11.3. The molecule has 2 atom stereocenters. The fraction of sp³-hybridized carbons (Fsp3) is 0.727. The number of nitrogens with zero attached hydrogens (tertiary/aromatic N) is 1. The van der Waals surface area contributed by atoms with Crippen molar-refractivity contribution >= 4 is 29.6 Å². The second-order valence-electron chi connectivity index (χ2n) is 4.09. The predicted octanol–water partition coefficient (Wildman–Crippen LogP) is -2.22. The van der Waals surface area contributed by atoms with E-state index in [4.69, 9.17) is 0 Å². The number of nitrogens with one attached hydrogen (secondary N) is 1. The smallest absolute Gasteiger partial charge is 0.861 e. The van der Waals surface area contributed by atoms with Crippen molar-refractivity contribution in [2.24, 2.45) is 16.3 Å². The first-order valence-corrected chi connectivity index (χ1v) is 6.83. The SMILES string of the molecule is CCSCC1(C(C)CC)C(=O)NC(=O)N=C1[O-].[Na+]. The Morgan fingerprint density at radius 3 is 2.50 bits per heavy atom. The summed E-state index contributed by atoms with van der Waals surface area (Å²) in [6.45, 7) is 5.72. The van der Waals surface area contributed by atoms with Crippen molar-refractivity contribution in [2.75, 3.05) is 11.5 Å². The average Bonchev–Trinajstić information content (AvgIpc) is 2.27. The minimum Gasteiger partial charge on any atom is -0.861 e. The Hall–Kier alpha value is -0.0400. The van der Waals surface area contributed by atoms with Crippen molar-refractivity contribution < 1.29 is 44.3 Å². The Labute approximate surface area is 133 Å². The van der Waals surface area contributed by atoms with Crippen LogP contribution in [0.1, 0.15) is 27.2 Å². The van der Waals surface area contributed by atoms with Crippen LogP contribution in [-0.4, -0.2) is 29.3 Å². The third-order valence-corrected chi connectivity index (χ3v) is 4.27. The van der Waals surface area contributed by atoms with Crippen molar-refractivity contribution in [3.05, 3.63) is 0 Å². The standard InChI is InChI=1S/C11H18N2O3S.Na/c1-4-7(3)11(6-17-5-2)8(14)12-10(16)13-9(11)15;/h7H,4-6H2,1-3H3,(H2,12,13,14,15,16);/q;+1/p-1. The summed E-state index contributed by atoms with van der Waals surface area (Å²) in [5.41, 5.74) is -1.18. The Morgan fingerprint density at radius 1 is 1.44 bits per heavy atom. The van der Waals surface area contributed by atoms with E-state index in [1.807, 2.05) is 20.8 Å². The van der Waals surface area contributed by atoms with Crippen LogP contribution in [0.4, 0.5) is 4.79 Å². The molecule has 0 radical (unpaired) electrons. The Kier molecular flexibility index (Phi) is 7.51. The van der Waals surface area contributed by atoms with Gasteiger partial charge in [-0.25, -0.2) is 9.79 Å². The van der Waals surface area contributed by atoms with Gasteiger partial charge < -0.3 is 5.11 Å². The number of amides is 3. The van der Waals surface area contributed by atoms with E-state index >= 15 is 0 Å². The molecule has 0 fully saturated rings. The molecule has 0 aromatic carbocycles. The molecule has 7 heteroatoms. The number of thioether (sulfide) groups is 1. The molecule has 0 bridgehead atoms. The van der Waals surface area contributed by atoms with Crippen LogP contribution in [0, 0.1) is 11.3 Å². The molecular formula is C11H17N2NaO3S. The van der Waals surface area contributed by atoms with E-state index in [1.165, 1.54) is 11.8 Å². The minimum atomic E-state index is -1.18. The van der Waals surface area contributed by atoms with Gasteiger partial charge in [-0.1, -0.05) is 27.2 Å². The van der Waals surface area contributed by atoms with E-state index in [9.17, 15) is 14.7 Å². The maximum absolute atomic E-state index is 12.0. The first-order chi connectivity index (χ1) is 7.98. The van der Waals surface area contributed by atoms with Gasteiger partial charge in [0.25, 0.3) is 0 Å². The summed E-state index contributed by atoms with van der Waals surface area (Å²) in [6.07, 6.45) is 0.688. The zero-order valence-corrected chi connectivity index (χ0v) is 14.1. The molecule has 1 N–H and O–H groups in total. The van der Waals surface area contributed by atoms with Crippen LogP contribution in [0.25, 0.3) is 0 Å². The number of carbonyl (C=O) groups excluding carboxylic acids is 2. The number of urea groups is 1. The molecule has 0 aliphatic carbocycles. The zero-order chi connectivity index (χ0) is 13.1. The molecule has 18 heavy (non-hydrogen) atoms. The molecule has 1 aliphatic heterocycles. The molecule has 1 rings (SSSR count). The largest absolute Gasteiger partial charge is 1.00 e. The summed E-state index contributed by atoms with van der Waals surface area (Å²) >= 11 is 1.51. The van der Waals surface area contributed by atoms with Gasteiger partial charge in [-0.05, 0) is 17.6 Å². The van der Waals surface area contributed by atoms with Gasteiger partial charge in [0, 0.05) is 5.75 Å². The molecule has 1 aliphatic rings. The fourth-order valence-electron chi connectivity index (χ4n) is 1.84. The fourth-order valence-corrected chi connectivity index (χ4v) is 2.91. The molecule has 0 aromatic rings. The topological polar surface area (TPSA) is 81.6 Å². The second-order valence-corrected chi connectivity index (χ2v) is 5.37. The van der Waals surface area contributed by atoms with Crippen molar-refractivity contribution in [3.8, 4) is 0 Å². The van der Waals surface area contributed by atoms with E-state index in [0.29, 0.717) is 12.2 Å². The van der Waals surface area contributed by atoms with Crippen molar-refractivity contribution in [3.63, 3.8) is 0 Å². The quantitative estimate of drug-likeness (QED) is 0.579. The van der Waals surface area contributed by atoms with Crippen LogP contribution >= 0.6 is 11.8 Å². The summed E-state index contributed by atoms with van der Waals surface area (Å²) in [4.78, 5) is 26.4. The van der Waals surface area contributed by atoms with Gasteiger partial charge in [0.15, 0.2) is 0 Å². The first kappa shape index (κ1) is 18.0. The van der Waals surface area contributed by atoms with Crippen LogP contribution in [-0.2, 0) is 4.79 Å². The molecule has 0 saturated heterocycles. The van der Waals surface area contributed by atoms with Gasteiger partial charge in [0.05, 0.1) is 5.41 Å². The van der Waals surface area contributed by atoms with Crippen molar-refractivity contribution in [1.82, 2.24) is 5.32 Å². The second kappa shape index (κ2) is 7.53. The molecule has 5 nitrogen and oxygen atoms in total. The van der Waals surface area contributed by atoms with Crippen molar-refractivity contribution in [1.29, 1.82) is 0 Å². The van der Waals surface area contributed by atoms with Gasteiger partial charge in [-0.3, -0.25) is 10.1 Å². The van der Waals surface area contributed by atoms with Gasteiger partial charge in [0.2, 0.25) is 5.91 Å². The van der Waals surface area contributed by atoms with E-state index < -0.39 is 23.3 Å². The molecule has 1 heterocycles. The van der Waals surface area contributed by atoms with Gasteiger partial charge >= 0.3 is 35.6 Å². The van der Waals surface area contributed by atoms with Crippen LogP contribution in [0.3, 0.4) is 0 Å². The number of rotatable bonds is 5. The van der Waals surface area contributed by atoms with E-state index in [-0.39, 0.29) is 35.5 Å². The average molecular weight is 280 g/mol. The van der Waals surface area contributed by atoms with E-state index in [0.717, 1.165) is 5.75 Å². The molecule has 3 amide bonds. The molecule has 0 aromatic heterocycles. The Bertz CT molecular complexity index is 362.